The number of ketones is 1. The zero-order chi connectivity index (χ0) is 20.3. The Hall–Kier alpha value is -3.06. The second kappa shape index (κ2) is 8.31. The molecule has 7 heteroatoms. The molecule has 2 aromatic rings. The molecule has 3 rings (SSSR count). The Balaban J connectivity index is 2.10. The van der Waals surface area contributed by atoms with Crippen molar-refractivity contribution in [3.63, 3.8) is 0 Å². The van der Waals surface area contributed by atoms with Crippen LogP contribution in [0.3, 0.4) is 0 Å². The minimum Gasteiger partial charge on any atom is -0.507 e. The molecule has 0 aliphatic carbocycles. The van der Waals surface area contributed by atoms with E-state index in [0.29, 0.717) is 18.5 Å². The summed E-state index contributed by atoms with van der Waals surface area (Å²) >= 11 is 0. The fraction of sp³-hybridized carbons (Fsp3) is 0.286. The molecule has 0 radical (unpaired) electrons. The Kier molecular flexibility index (Phi) is 5.84. The van der Waals surface area contributed by atoms with E-state index in [4.69, 9.17) is 0 Å². The second-order valence-electron chi connectivity index (χ2n) is 6.91. The minimum absolute atomic E-state index is 0.105. The molecule has 1 amide bonds. The zero-order valence-corrected chi connectivity index (χ0v) is 15.8. The predicted octanol–water partition coefficient (Wildman–Crippen LogP) is 2.59. The molecular weight excluding hydrogens is 361 g/mol. The fourth-order valence-corrected chi connectivity index (χ4v) is 3.35. The van der Waals surface area contributed by atoms with Gasteiger partial charge in [0.2, 0.25) is 0 Å². The molecule has 0 unspecified atom stereocenters. The van der Waals surface area contributed by atoms with E-state index < -0.39 is 23.5 Å². The van der Waals surface area contributed by atoms with E-state index in [1.807, 2.05) is 19.0 Å². The summed E-state index contributed by atoms with van der Waals surface area (Å²) in [5.74, 6) is -2.41. The number of amides is 1. The van der Waals surface area contributed by atoms with Crippen molar-refractivity contribution in [3.05, 3.63) is 71.3 Å². The second-order valence-corrected chi connectivity index (χ2v) is 6.91. The molecule has 1 aliphatic heterocycles. The summed E-state index contributed by atoms with van der Waals surface area (Å²) < 4.78 is 14.6. The van der Waals surface area contributed by atoms with Gasteiger partial charge in [0.15, 0.2) is 0 Å². The molecule has 6 nitrogen and oxygen atoms in total. The molecule has 0 saturated carbocycles. The van der Waals surface area contributed by atoms with Gasteiger partial charge in [0.1, 0.15) is 11.6 Å². The first kappa shape index (κ1) is 19.7. The van der Waals surface area contributed by atoms with Gasteiger partial charge in [-0.2, -0.15) is 0 Å². The average molecular weight is 383 g/mol. The maximum absolute atomic E-state index is 14.6. The van der Waals surface area contributed by atoms with Gasteiger partial charge < -0.3 is 14.9 Å². The van der Waals surface area contributed by atoms with E-state index in [1.54, 1.807) is 12.1 Å². The number of aliphatic hydroxyl groups excluding tert-OH is 1. The van der Waals surface area contributed by atoms with E-state index in [0.717, 1.165) is 0 Å². The summed E-state index contributed by atoms with van der Waals surface area (Å²) in [6.45, 7) is 0.978. The first-order valence-electron chi connectivity index (χ1n) is 8.99. The molecule has 1 aromatic carbocycles. The van der Waals surface area contributed by atoms with Gasteiger partial charge in [-0.3, -0.25) is 14.6 Å². The van der Waals surface area contributed by atoms with Crippen LogP contribution in [0.1, 0.15) is 23.6 Å². The fourth-order valence-electron chi connectivity index (χ4n) is 3.35. The Morgan fingerprint density at radius 2 is 1.86 bits per heavy atom. The van der Waals surface area contributed by atoms with Crippen LogP contribution in [0, 0.1) is 5.82 Å². The van der Waals surface area contributed by atoms with Crippen LogP contribution in [-0.2, 0) is 9.59 Å². The van der Waals surface area contributed by atoms with Gasteiger partial charge in [0, 0.05) is 30.1 Å². The number of halogens is 1. The quantitative estimate of drug-likeness (QED) is 0.472. The molecule has 1 aliphatic rings. The van der Waals surface area contributed by atoms with Gasteiger partial charge in [0.25, 0.3) is 11.7 Å². The van der Waals surface area contributed by atoms with Crippen LogP contribution < -0.4 is 0 Å². The molecule has 1 aromatic heterocycles. The highest BCUT2D eigenvalue weighted by atomic mass is 19.1. The number of hydrogen-bond donors (Lipinski definition) is 1. The maximum atomic E-state index is 14.6. The number of carbonyl (C=O) groups is 2. The standard InChI is InChI=1S/C21H22FN3O3/c1-24(2)12-5-13-25-18(15-6-3-4-7-16(15)22)17(20(27)21(25)28)19(26)14-8-10-23-11-9-14/h3-4,6-11,18,26H,5,12-13H2,1-2H3/t18-/m1/s1. The number of Topliss-reactive ketones (excluding diaryl/α,β-unsaturated/α-hetero) is 1. The van der Waals surface area contributed by atoms with Crippen molar-refractivity contribution < 1.29 is 19.1 Å². The maximum Gasteiger partial charge on any atom is 0.295 e. The lowest BCUT2D eigenvalue weighted by atomic mass is 9.95. The van der Waals surface area contributed by atoms with E-state index in [9.17, 15) is 19.1 Å². The topological polar surface area (TPSA) is 73.7 Å². The third kappa shape index (κ3) is 3.80. The number of benzene rings is 1. The number of pyridine rings is 1. The smallest absolute Gasteiger partial charge is 0.295 e. The highest BCUT2D eigenvalue weighted by Crippen LogP contribution is 2.40. The van der Waals surface area contributed by atoms with Crippen LogP contribution in [0.5, 0.6) is 0 Å². The van der Waals surface area contributed by atoms with Crippen LogP contribution in [0.15, 0.2) is 54.4 Å². The number of rotatable bonds is 6. The van der Waals surface area contributed by atoms with Crippen molar-refractivity contribution >= 4 is 17.4 Å². The van der Waals surface area contributed by atoms with Gasteiger partial charge in [0.05, 0.1) is 11.6 Å². The minimum atomic E-state index is -0.975. The monoisotopic (exact) mass is 383 g/mol. The van der Waals surface area contributed by atoms with E-state index in [-0.39, 0.29) is 23.4 Å². The van der Waals surface area contributed by atoms with E-state index in [1.165, 1.54) is 41.6 Å². The summed E-state index contributed by atoms with van der Waals surface area (Å²) in [4.78, 5) is 32.7. The first-order valence-corrected chi connectivity index (χ1v) is 8.99. The Bertz CT molecular complexity index is 912. The average Bonchev–Trinajstić information content (AvgIpc) is 2.93. The van der Waals surface area contributed by atoms with Gasteiger partial charge in [-0.15, -0.1) is 0 Å². The van der Waals surface area contributed by atoms with Crippen molar-refractivity contribution in [2.45, 2.75) is 12.5 Å². The summed E-state index contributed by atoms with van der Waals surface area (Å²) in [6, 6.07) is 8.09. The number of nitrogens with zero attached hydrogens (tertiary/aromatic N) is 3. The van der Waals surface area contributed by atoms with Gasteiger partial charge in [-0.05, 0) is 45.3 Å². The largest absolute Gasteiger partial charge is 0.507 e. The summed E-state index contributed by atoms with van der Waals surface area (Å²) in [7, 11) is 3.82. The molecule has 1 fully saturated rings. The van der Waals surface area contributed by atoms with Crippen molar-refractivity contribution in [1.82, 2.24) is 14.8 Å². The molecule has 2 heterocycles. The van der Waals surface area contributed by atoms with Crippen molar-refractivity contribution in [3.8, 4) is 0 Å². The number of hydrogen-bond acceptors (Lipinski definition) is 5. The normalized spacial score (nSPS) is 18.9. The molecular formula is C21H22FN3O3. The SMILES string of the molecule is CN(C)CCCN1C(=O)C(=O)C(=C(O)c2ccncc2)[C@H]1c1ccccc1F. The summed E-state index contributed by atoms with van der Waals surface area (Å²) in [5, 5.41) is 10.8. The Labute approximate surface area is 162 Å². The lowest BCUT2D eigenvalue weighted by Gasteiger charge is -2.26. The molecule has 28 heavy (non-hydrogen) atoms. The molecule has 1 saturated heterocycles. The highest BCUT2D eigenvalue weighted by molar-refractivity contribution is 6.46. The predicted molar refractivity (Wildman–Crippen MR) is 103 cm³/mol. The van der Waals surface area contributed by atoms with Crippen LogP contribution in [0.2, 0.25) is 0 Å². The molecule has 0 bridgehead atoms. The van der Waals surface area contributed by atoms with Gasteiger partial charge >= 0.3 is 0 Å². The zero-order valence-electron chi connectivity index (χ0n) is 15.8. The number of aromatic nitrogens is 1. The van der Waals surface area contributed by atoms with Crippen LogP contribution >= 0.6 is 0 Å². The van der Waals surface area contributed by atoms with E-state index >= 15 is 0 Å². The van der Waals surface area contributed by atoms with E-state index in [2.05, 4.69) is 4.98 Å². The number of carbonyl (C=O) groups excluding carboxylic acids is 2. The van der Waals surface area contributed by atoms with Crippen molar-refractivity contribution in [1.29, 1.82) is 0 Å². The third-order valence-electron chi connectivity index (χ3n) is 4.70. The summed E-state index contributed by atoms with van der Waals surface area (Å²) in [6.07, 6.45) is 3.56. The lowest BCUT2D eigenvalue weighted by molar-refractivity contribution is -0.140. The molecule has 1 N–H and O–H groups in total. The van der Waals surface area contributed by atoms with Crippen molar-refractivity contribution in [2.24, 2.45) is 0 Å². The summed E-state index contributed by atoms with van der Waals surface area (Å²) in [5.41, 5.74) is 0.427. The lowest BCUT2D eigenvalue weighted by Crippen LogP contribution is -2.32. The number of likely N-dealkylation sites (tertiary alicyclic amines) is 1. The molecule has 1 atom stereocenters. The Morgan fingerprint density at radius 1 is 1.18 bits per heavy atom. The molecule has 146 valence electrons. The Morgan fingerprint density at radius 3 is 2.50 bits per heavy atom. The van der Waals surface area contributed by atoms with Crippen molar-refractivity contribution in [2.75, 3.05) is 27.2 Å². The highest BCUT2D eigenvalue weighted by Gasteiger charge is 2.46. The van der Waals surface area contributed by atoms with Gasteiger partial charge in [-0.25, -0.2) is 4.39 Å². The van der Waals surface area contributed by atoms with Gasteiger partial charge in [-0.1, -0.05) is 18.2 Å². The third-order valence-corrected chi connectivity index (χ3v) is 4.70. The van der Waals surface area contributed by atoms with Crippen LogP contribution in [0.25, 0.3) is 5.76 Å². The number of aliphatic hydroxyl groups is 1. The van der Waals surface area contributed by atoms with Crippen LogP contribution in [0.4, 0.5) is 4.39 Å². The van der Waals surface area contributed by atoms with Crippen LogP contribution in [-0.4, -0.2) is 58.8 Å². The first-order chi connectivity index (χ1) is 13.4. The molecule has 0 spiro atoms.